The number of aliphatic imine (C=N–C) groups is 1. The molecular weight excluding hydrogens is 419 g/mol. The zero-order valence-corrected chi connectivity index (χ0v) is 16.8. The highest BCUT2D eigenvalue weighted by molar-refractivity contribution is 14.0. The number of methoxy groups -OCH3 is 2. The molecule has 1 heterocycles. The first kappa shape index (κ1) is 20.4. The Hall–Kier alpha value is -1.64. The minimum Gasteiger partial charge on any atom is -0.497 e. The lowest BCUT2D eigenvalue weighted by molar-refractivity contribution is 0.398. The number of aromatic amines is 1. The second-order valence-electron chi connectivity index (χ2n) is 5.38. The molecule has 0 bridgehead atoms. The second-order valence-corrected chi connectivity index (χ2v) is 5.38. The molecule has 7 heteroatoms. The van der Waals surface area contributed by atoms with Gasteiger partial charge in [0.05, 0.1) is 19.7 Å². The van der Waals surface area contributed by atoms with Crippen LogP contribution >= 0.6 is 24.0 Å². The maximum absolute atomic E-state index is 5.77. The Kier molecular flexibility index (Phi) is 8.73. The van der Waals surface area contributed by atoms with E-state index in [2.05, 4.69) is 28.3 Å². The lowest BCUT2D eigenvalue weighted by Gasteiger charge is -2.04. The molecule has 2 aromatic rings. The smallest absolute Gasteiger partial charge is 0.188 e. The van der Waals surface area contributed by atoms with E-state index in [1.807, 2.05) is 12.1 Å². The van der Waals surface area contributed by atoms with E-state index in [-0.39, 0.29) is 24.0 Å². The van der Waals surface area contributed by atoms with Crippen molar-refractivity contribution in [2.24, 2.45) is 10.7 Å². The van der Waals surface area contributed by atoms with Gasteiger partial charge in [0.1, 0.15) is 11.5 Å². The molecule has 0 saturated heterocycles. The Morgan fingerprint density at radius 1 is 1.25 bits per heavy atom. The van der Waals surface area contributed by atoms with E-state index in [1.54, 1.807) is 14.2 Å². The number of fused-ring (bicyclic) bond motifs is 1. The van der Waals surface area contributed by atoms with E-state index in [0.717, 1.165) is 60.4 Å². The number of hydrogen-bond acceptors (Lipinski definition) is 3. The zero-order chi connectivity index (χ0) is 16.7. The maximum atomic E-state index is 5.77. The number of benzene rings is 1. The predicted molar refractivity (Wildman–Crippen MR) is 110 cm³/mol. The highest BCUT2D eigenvalue weighted by atomic mass is 127. The van der Waals surface area contributed by atoms with E-state index < -0.39 is 0 Å². The number of ether oxygens (including phenoxy) is 2. The molecule has 0 aliphatic carbocycles. The summed E-state index contributed by atoms with van der Waals surface area (Å²) >= 11 is 0. The Labute approximate surface area is 160 Å². The zero-order valence-electron chi connectivity index (χ0n) is 14.5. The lowest BCUT2D eigenvalue weighted by Crippen LogP contribution is -2.32. The van der Waals surface area contributed by atoms with Crippen molar-refractivity contribution in [2.45, 2.75) is 26.2 Å². The van der Waals surface area contributed by atoms with Crippen molar-refractivity contribution in [2.75, 3.05) is 27.3 Å². The fourth-order valence-electron chi connectivity index (χ4n) is 2.44. The minimum atomic E-state index is 0. The maximum Gasteiger partial charge on any atom is 0.188 e. The summed E-state index contributed by atoms with van der Waals surface area (Å²) in [5.74, 6) is 2.12. The molecule has 24 heavy (non-hydrogen) atoms. The Bertz CT molecular complexity index is 670. The Morgan fingerprint density at radius 2 is 2.04 bits per heavy atom. The van der Waals surface area contributed by atoms with Crippen molar-refractivity contribution < 1.29 is 9.47 Å². The standard InChI is InChI=1S/C17H26N4O2.HI/c1-4-7-19-17(18)20-8-5-6-12-9-14-15(21-12)10-13(22-2)11-16(14)23-3;/h9-11,21H,4-8H2,1-3H3,(H3,18,19,20);1H. The van der Waals surface area contributed by atoms with Crippen LogP contribution in [0.3, 0.4) is 0 Å². The Balaban J connectivity index is 0.00000288. The topological polar surface area (TPSA) is 84.7 Å². The average molecular weight is 446 g/mol. The van der Waals surface area contributed by atoms with Gasteiger partial charge >= 0.3 is 0 Å². The van der Waals surface area contributed by atoms with Gasteiger partial charge in [-0.1, -0.05) is 6.92 Å². The van der Waals surface area contributed by atoms with Crippen molar-refractivity contribution in [3.63, 3.8) is 0 Å². The first-order valence-corrected chi connectivity index (χ1v) is 7.95. The third kappa shape index (κ3) is 5.47. The van der Waals surface area contributed by atoms with Gasteiger partial charge < -0.3 is 25.5 Å². The minimum absolute atomic E-state index is 0. The van der Waals surface area contributed by atoms with Gasteiger partial charge in [-0.25, -0.2) is 0 Å². The van der Waals surface area contributed by atoms with Gasteiger partial charge in [0.25, 0.3) is 0 Å². The molecule has 0 saturated carbocycles. The number of halogens is 1. The molecule has 0 aliphatic rings. The van der Waals surface area contributed by atoms with Crippen LogP contribution in [-0.4, -0.2) is 38.3 Å². The SMILES string of the molecule is CCCN=C(N)NCCCc1cc2c(OC)cc(OC)cc2[nH]1.I. The molecule has 6 nitrogen and oxygen atoms in total. The van der Waals surface area contributed by atoms with Gasteiger partial charge in [-0.2, -0.15) is 0 Å². The van der Waals surface area contributed by atoms with Crippen LogP contribution < -0.4 is 20.5 Å². The molecule has 0 atom stereocenters. The number of nitrogens with two attached hydrogens (primary N) is 1. The van der Waals surface area contributed by atoms with E-state index in [4.69, 9.17) is 15.2 Å². The summed E-state index contributed by atoms with van der Waals surface area (Å²) in [7, 11) is 3.32. The number of H-pyrrole nitrogens is 1. The summed E-state index contributed by atoms with van der Waals surface area (Å²) < 4.78 is 10.7. The largest absolute Gasteiger partial charge is 0.497 e. The van der Waals surface area contributed by atoms with E-state index in [0.29, 0.717) is 5.96 Å². The second kappa shape index (κ2) is 10.3. The van der Waals surface area contributed by atoms with Crippen molar-refractivity contribution in [1.29, 1.82) is 0 Å². The summed E-state index contributed by atoms with van der Waals surface area (Å²) in [6.07, 6.45) is 2.89. The predicted octanol–water partition coefficient (Wildman–Crippen LogP) is 3.05. The van der Waals surface area contributed by atoms with Crippen LogP contribution in [0.15, 0.2) is 23.2 Å². The number of aromatic nitrogens is 1. The number of nitrogens with one attached hydrogen (secondary N) is 2. The molecule has 0 unspecified atom stereocenters. The number of nitrogens with zero attached hydrogens (tertiary/aromatic N) is 1. The normalized spacial score (nSPS) is 11.2. The quantitative estimate of drug-likeness (QED) is 0.252. The fourth-order valence-corrected chi connectivity index (χ4v) is 2.44. The van der Waals surface area contributed by atoms with Crippen LogP contribution in [0.2, 0.25) is 0 Å². The van der Waals surface area contributed by atoms with E-state index >= 15 is 0 Å². The van der Waals surface area contributed by atoms with Crippen LogP contribution in [0, 0.1) is 0 Å². The average Bonchev–Trinajstić information content (AvgIpc) is 2.98. The first-order chi connectivity index (χ1) is 11.2. The summed E-state index contributed by atoms with van der Waals surface area (Å²) in [4.78, 5) is 7.63. The summed E-state index contributed by atoms with van der Waals surface area (Å²) in [5.41, 5.74) is 7.96. The van der Waals surface area contributed by atoms with E-state index in [1.165, 1.54) is 0 Å². The van der Waals surface area contributed by atoms with Crippen LogP contribution in [0.5, 0.6) is 11.5 Å². The molecule has 0 spiro atoms. The van der Waals surface area contributed by atoms with Crippen LogP contribution in [0.1, 0.15) is 25.5 Å². The summed E-state index contributed by atoms with van der Waals surface area (Å²) in [5, 5.41) is 4.20. The lowest BCUT2D eigenvalue weighted by atomic mass is 10.2. The molecule has 4 N–H and O–H groups in total. The summed E-state index contributed by atoms with van der Waals surface area (Å²) in [6, 6.07) is 6.00. The molecule has 134 valence electrons. The van der Waals surface area contributed by atoms with Crippen LogP contribution in [-0.2, 0) is 6.42 Å². The van der Waals surface area contributed by atoms with Crippen molar-refractivity contribution in [3.05, 3.63) is 23.9 Å². The van der Waals surface area contributed by atoms with Crippen molar-refractivity contribution in [3.8, 4) is 11.5 Å². The van der Waals surface area contributed by atoms with Crippen molar-refractivity contribution >= 4 is 40.8 Å². The van der Waals surface area contributed by atoms with Crippen LogP contribution in [0.25, 0.3) is 10.9 Å². The molecule has 1 aromatic carbocycles. The molecule has 0 fully saturated rings. The molecular formula is C17H27IN4O2. The van der Waals surface area contributed by atoms with Crippen LogP contribution in [0.4, 0.5) is 0 Å². The monoisotopic (exact) mass is 446 g/mol. The third-order valence-electron chi connectivity index (χ3n) is 3.62. The number of hydrogen-bond donors (Lipinski definition) is 3. The molecule has 0 radical (unpaired) electrons. The molecule has 0 amide bonds. The Morgan fingerprint density at radius 3 is 2.71 bits per heavy atom. The third-order valence-corrected chi connectivity index (χ3v) is 3.62. The molecule has 1 aromatic heterocycles. The van der Waals surface area contributed by atoms with E-state index in [9.17, 15) is 0 Å². The van der Waals surface area contributed by atoms with Gasteiger partial charge in [-0.3, -0.25) is 4.99 Å². The molecule has 0 aliphatic heterocycles. The number of guanidine groups is 1. The number of aryl methyl sites for hydroxylation is 1. The van der Waals surface area contributed by atoms with Gasteiger partial charge in [0.2, 0.25) is 0 Å². The molecule has 2 rings (SSSR count). The van der Waals surface area contributed by atoms with Gasteiger partial charge in [0.15, 0.2) is 5.96 Å². The first-order valence-electron chi connectivity index (χ1n) is 7.95. The highest BCUT2D eigenvalue weighted by Crippen LogP contribution is 2.31. The fraction of sp³-hybridized carbons (Fsp3) is 0.471. The van der Waals surface area contributed by atoms with Crippen molar-refractivity contribution in [1.82, 2.24) is 10.3 Å². The van der Waals surface area contributed by atoms with Gasteiger partial charge in [-0.05, 0) is 25.3 Å². The van der Waals surface area contributed by atoms with Gasteiger partial charge in [-0.15, -0.1) is 24.0 Å². The summed E-state index contributed by atoms with van der Waals surface area (Å²) in [6.45, 7) is 3.65. The highest BCUT2D eigenvalue weighted by Gasteiger charge is 2.09. The number of rotatable bonds is 8. The van der Waals surface area contributed by atoms with Gasteiger partial charge in [0, 0.05) is 36.3 Å².